The zero-order valence-electron chi connectivity index (χ0n) is 18.1. The third kappa shape index (κ3) is 4.37. The standard InChI is InChI=1S/C24H29N3O3S/c1-3-4-15-27-21-14-13-19(25-24(28)20-12-8-5-9-17(20)2)16-22(21)31(29,30)26-23(27)18-10-6-7-11-18/h5,8-9,12-14,16,18H,3-4,6-7,10-11,15H2,1-2H3,(H,25,28). The summed E-state index contributed by atoms with van der Waals surface area (Å²) >= 11 is 0. The molecule has 2 aromatic carbocycles. The molecule has 4 rings (SSSR count). The fourth-order valence-corrected chi connectivity index (χ4v) is 5.73. The number of amidine groups is 1. The highest BCUT2D eigenvalue weighted by Gasteiger charge is 2.35. The first-order chi connectivity index (χ1) is 14.9. The Kier molecular flexibility index (Phi) is 6.14. The third-order valence-corrected chi connectivity index (χ3v) is 7.43. The van der Waals surface area contributed by atoms with Crippen molar-refractivity contribution in [2.75, 3.05) is 16.8 Å². The van der Waals surface area contributed by atoms with E-state index in [1.54, 1.807) is 18.2 Å². The molecule has 164 valence electrons. The van der Waals surface area contributed by atoms with Crippen LogP contribution in [0.4, 0.5) is 11.4 Å². The Bertz CT molecular complexity index is 1120. The lowest BCUT2D eigenvalue weighted by Gasteiger charge is -2.34. The molecule has 1 aliphatic carbocycles. The fraction of sp³-hybridized carbons (Fsp3) is 0.417. The summed E-state index contributed by atoms with van der Waals surface area (Å²) in [6, 6.07) is 12.4. The van der Waals surface area contributed by atoms with E-state index in [0.29, 0.717) is 22.8 Å². The lowest BCUT2D eigenvalue weighted by molar-refractivity contribution is 0.102. The van der Waals surface area contributed by atoms with Crippen molar-refractivity contribution in [1.29, 1.82) is 0 Å². The Morgan fingerprint density at radius 2 is 1.90 bits per heavy atom. The molecular formula is C24H29N3O3S. The van der Waals surface area contributed by atoms with Crippen LogP contribution in [0.3, 0.4) is 0 Å². The van der Waals surface area contributed by atoms with E-state index in [0.717, 1.165) is 50.6 Å². The van der Waals surface area contributed by atoms with Gasteiger partial charge in [-0.1, -0.05) is 44.4 Å². The third-order valence-electron chi connectivity index (χ3n) is 6.12. The van der Waals surface area contributed by atoms with E-state index >= 15 is 0 Å². The Morgan fingerprint density at radius 3 is 2.61 bits per heavy atom. The van der Waals surface area contributed by atoms with E-state index in [2.05, 4.69) is 21.5 Å². The highest BCUT2D eigenvalue weighted by atomic mass is 32.2. The van der Waals surface area contributed by atoms with Gasteiger partial charge in [-0.15, -0.1) is 4.40 Å². The van der Waals surface area contributed by atoms with E-state index in [9.17, 15) is 13.2 Å². The van der Waals surface area contributed by atoms with Gasteiger partial charge in [-0.2, -0.15) is 8.42 Å². The quantitative estimate of drug-likeness (QED) is 0.675. The number of aryl methyl sites for hydroxylation is 1. The van der Waals surface area contributed by atoms with E-state index in [1.165, 1.54) is 6.07 Å². The van der Waals surface area contributed by atoms with Crippen molar-refractivity contribution >= 4 is 33.1 Å². The summed E-state index contributed by atoms with van der Waals surface area (Å²) in [4.78, 5) is 14.9. The molecule has 2 aliphatic rings. The number of carbonyl (C=O) groups is 1. The summed E-state index contributed by atoms with van der Waals surface area (Å²) in [5.41, 5.74) is 2.54. The maximum atomic E-state index is 13.1. The van der Waals surface area contributed by atoms with Crippen LogP contribution < -0.4 is 10.2 Å². The van der Waals surface area contributed by atoms with E-state index < -0.39 is 10.0 Å². The maximum Gasteiger partial charge on any atom is 0.286 e. The summed E-state index contributed by atoms with van der Waals surface area (Å²) < 4.78 is 30.5. The van der Waals surface area contributed by atoms with Crippen LogP contribution in [0.1, 0.15) is 61.4 Å². The zero-order valence-corrected chi connectivity index (χ0v) is 18.9. The smallest absolute Gasteiger partial charge is 0.286 e. The first-order valence-electron chi connectivity index (χ1n) is 11.0. The van der Waals surface area contributed by atoms with Gasteiger partial charge >= 0.3 is 0 Å². The van der Waals surface area contributed by atoms with Crippen molar-refractivity contribution in [1.82, 2.24) is 0 Å². The van der Waals surface area contributed by atoms with Gasteiger partial charge in [0.2, 0.25) is 0 Å². The molecule has 0 spiro atoms. The first kappa shape index (κ1) is 21.6. The molecule has 7 heteroatoms. The first-order valence-corrected chi connectivity index (χ1v) is 12.5. The van der Waals surface area contributed by atoms with Crippen molar-refractivity contribution in [3.63, 3.8) is 0 Å². The highest BCUT2D eigenvalue weighted by Crippen LogP contribution is 2.38. The van der Waals surface area contributed by atoms with E-state index in [1.807, 2.05) is 25.1 Å². The second-order valence-electron chi connectivity index (χ2n) is 8.36. The zero-order chi connectivity index (χ0) is 22.0. The molecule has 2 aromatic rings. The Morgan fingerprint density at radius 1 is 1.16 bits per heavy atom. The monoisotopic (exact) mass is 439 g/mol. The molecule has 1 N–H and O–H groups in total. The van der Waals surface area contributed by atoms with Crippen LogP contribution in [0.5, 0.6) is 0 Å². The molecule has 1 fully saturated rings. The molecule has 0 bridgehead atoms. The van der Waals surface area contributed by atoms with Crippen molar-refractivity contribution in [2.24, 2.45) is 10.3 Å². The fourth-order valence-electron chi connectivity index (χ4n) is 4.42. The number of amides is 1. The number of fused-ring (bicyclic) bond motifs is 1. The minimum Gasteiger partial charge on any atom is -0.328 e. The molecule has 6 nitrogen and oxygen atoms in total. The molecule has 1 aliphatic heterocycles. The molecule has 0 aromatic heterocycles. The van der Waals surface area contributed by atoms with Gasteiger partial charge in [0.25, 0.3) is 15.9 Å². The van der Waals surface area contributed by atoms with Crippen LogP contribution in [0.2, 0.25) is 0 Å². The summed E-state index contributed by atoms with van der Waals surface area (Å²) in [6.45, 7) is 4.73. The Labute approximate surface area is 184 Å². The predicted molar refractivity (Wildman–Crippen MR) is 124 cm³/mol. The normalized spacial score (nSPS) is 17.9. The summed E-state index contributed by atoms with van der Waals surface area (Å²) in [6.07, 6.45) is 6.16. The number of hydrogen-bond acceptors (Lipinski definition) is 4. The minimum atomic E-state index is -3.82. The number of nitrogens with one attached hydrogen (secondary N) is 1. The van der Waals surface area contributed by atoms with Crippen LogP contribution in [0.25, 0.3) is 0 Å². The van der Waals surface area contributed by atoms with Gasteiger partial charge in [0.1, 0.15) is 10.7 Å². The minimum absolute atomic E-state index is 0.160. The van der Waals surface area contributed by atoms with Crippen molar-refractivity contribution < 1.29 is 13.2 Å². The van der Waals surface area contributed by atoms with Gasteiger partial charge in [0, 0.05) is 23.7 Å². The Hall–Kier alpha value is -2.67. The van der Waals surface area contributed by atoms with Crippen LogP contribution in [0.15, 0.2) is 51.8 Å². The number of hydrogen-bond donors (Lipinski definition) is 1. The highest BCUT2D eigenvalue weighted by molar-refractivity contribution is 7.90. The Balaban J connectivity index is 1.69. The van der Waals surface area contributed by atoms with Crippen LogP contribution in [-0.2, 0) is 10.0 Å². The molecule has 0 saturated heterocycles. The number of benzene rings is 2. The number of anilines is 2. The molecule has 31 heavy (non-hydrogen) atoms. The number of carbonyl (C=O) groups excluding carboxylic acids is 1. The summed E-state index contributed by atoms with van der Waals surface area (Å²) in [5, 5.41) is 2.84. The number of nitrogens with zero attached hydrogens (tertiary/aromatic N) is 2. The largest absolute Gasteiger partial charge is 0.328 e. The molecular weight excluding hydrogens is 410 g/mol. The SMILES string of the molecule is CCCCN1C(C2CCCC2)=NS(=O)(=O)c2cc(NC(=O)c3ccccc3C)ccc21. The van der Waals surface area contributed by atoms with Crippen molar-refractivity contribution in [2.45, 2.75) is 57.3 Å². The van der Waals surface area contributed by atoms with Gasteiger partial charge in [-0.3, -0.25) is 4.79 Å². The molecule has 1 saturated carbocycles. The van der Waals surface area contributed by atoms with Crippen molar-refractivity contribution in [3.05, 3.63) is 53.6 Å². The molecule has 0 unspecified atom stereocenters. The average molecular weight is 440 g/mol. The molecule has 0 atom stereocenters. The maximum absolute atomic E-state index is 13.1. The number of unbranched alkanes of at least 4 members (excludes halogenated alkanes) is 1. The van der Waals surface area contributed by atoms with Gasteiger partial charge in [-0.25, -0.2) is 0 Å². The van der Waals surface area contributed by atoms with Gasteiger partial charge in [0.15, 0.2) is 0 Å². The molecule has 0 radical (unpaired) electrons. The van der Waals surface area contributed by atoms with Crippen molar-refractivity contribution in [3.8, 4) is 0 Å². The van der Waals surface area contributed by atoms with E-state index in [-0.39, 0.29) is 16.7 Å². The topological polar surface area (TPSA) is 78.8 Å². The summed E-state index contributed by atoms with van der Waals surface area (Å²) in [7, 11) is -3.82. The molecule has 1 heterocycles. The van der Waals surface area contributed by atoms with Gasteiger partial charge in [0.05, 0.1) is 5.69 Å². The molecule has 1 amide bonds. The lowest BCUT2D eigenvalue weighted by atomic mass is 10.0. The van der Waals surface area contributed by atoms with E-state index in [4.69, 9.17) is 0 Å². The predicted octanol–water partition coefficient (Wildman–Crippen LogP) is 5.14. The second-order valence-corrected chi connectivity index (χ2v) is 9.94. The number of sulfonamides is 1. The number of rotatable bonds is 6. The summed E-state index contributed by atoms with van der Waals surface area (Å²) in [5.74, 6) is 0.625. The van der Waals surface area contributed by atoms with Crippen LogP contribution in [-0.4, -0.2) is 26.7 Å². The average Bonchev–Trinajstić information content (AvgIpc) is 3.28. The van der Waals surface area contributed by atoms with Gasteiger partial charge in [-0.05, 0) is 56.0 Å². The lowest BCUT2D eigenvalue weighted by Crippen LogP contribution is -2.40. The van der Waals surface area contributed by atoms with Gasteiger partial charge < -0.3 is 10.2 Å². The second kappa shape index (κ2) is 8.83. The van der Waals surface area contributed by atoms with Crippen LogP contribution in [0, 0.1) is 12.8 Å². The van der Waals surface area contributed by atoms with Crippen LogP contribution >= 0.6 is 0 Å².